The Labute approximate surface area is 116 Å². The second-order valence-corrected chi connectivity index (χ2v) is 4.68. The van der Waals surface area contributed by atoms with Crippen LogP contribution in [0.5, 0.6) is 0 Å². The highest BCUT2D eigenvalue weighted by molar-refractivity contribution is 9.11. The van der Waals surface area contributed by atoms with Crippen molar-refractivity contribution in [2.75, 3.05) is 5.32 Å². The highest BCUT2D eigenvalue weighted by atomic mass is 79.9. The van der Waals surface area contributed by atoms with E-state index >= 15 is 0 Å². The number of carbonyl (C=O) groups excluding carboxylic acids is 1. The molecule has 1 aromatic carbocycles. The third kappa shape index (κ3) is 2.85. The summed E-state index contributed by atoms with van der Waals surface area (Å²) in [6.07, 6.45) is 0. The van der Waals surface area contributed by atoms with E-state index in [2.05, 4.69) is 31.9 Å². The number of hydrogen-bond acceptors (Lipinski definition) is 3. The van der Waals surface area contributed by atoms with Crippen LogP contribution >= 0.6 is 31.9 Å². The highest BCUT2D eigenvalue weighted by Gasteiger charge is 2.24. The summed E-state index contributed by atoms with van der Waals surface area (Å²) in [6.45, 7) is 0. The summed E-state index contributed by atoms with van der Waals surface area (Å²) in [5.41, 5.74) is -1.30. The third-order valence-corrected chi connectivity index (χ3v) is 3.02. The molecule has 1 aromatic rings. The van der Waals surface area contributed by atoms with Crippen molar-refractivity contribution in [3.8, 4) is 0 Å². The van der Waals surface area contributed by atoms with Gasteiger partial charge < -0.3 is 15.5 Å². The van der Waals surface area contributed by atoms with E-state index in [1.807, 2.05) is 0 Å². The van der Waals surface area contributed by atoms with Crippen molar-refractivity contribution < 1.29 is 29.0 Å². The maximum Gasteiger partial charge on any atom is 0.394 e. The van der Waals surface area contributed by atoms with E-state index < -0.39 is 34.9 Å². The zero-order valence-electron chi connectivity index (χ0n) is 8.33. The lowest BCUT2D eigenvalue weighted by Gasteiger charge is -2.11. The number of nitrogens with one attached hydrogen (secondary N) is 1. The summed E-state index contributed by atoms with van der Waals surface area (Å²) in [5.74, 6) is -6.05. The minimum absolute atomic E-state index is 0.0303. The smallest absolute Gasteiger partial charge is 0.394 e. The van der Waals surface area contributed by atoms with Crippen LogP contribution < -0.4 is 5.32 Å². The molecule has 1 amide bonds. The average Bonchev–Trinajstić information content (AvgIpc) is 2.25. The number of anilines is 1. The van der Waals surface area contributed by atoms with Crippen molar-refractivity contribution in [3.05, 3.63) is 26.4 Å². The minimum Gasteiger partial charge on any atom is -0.478 e. The molecule has 0 aliphatic heterocycles. The predicted octanol–water partition coefficient (Wildman–Crippen LogP) is 2.07. The number of amides is 1. The van der Waals surface area contributed by atoms with Crippen LogP contribution in [-0.2, 0) is 9.59 Å². The van der Waals surface area contributed by atoms with Crippen molar-refractivity contribution in [2.24, 2.45) is 0 Å². The van der Waals surface area contributed by atoms with Gasteiger partial charge in [-0.1, -0.05) is 0 Å². The van der Waals surface area contributed by atoms with E-state index in [0.29, 0.717) is 0 Å². The van der Waals surface area contributed by atoms with E-state index in [4.69, 9.17) is 10.2 Å². The molecule has 0 aromatic heterocycles. The average molecular weight is 385 g/mol. The van der Waals surface area contributed by atoms with Crippen LogP contribution in [-0.4, -0.2) is 28.1 Å². The first-order valence-corrected chi connectivity index (χ1v) is 5.79. The molecule has 0 radical (unpaired) electrons. The van der Waals surface area contributed by atoms with Gasteiger partial charge in [0, 0.05) is 4.47 Å². The lowest BCUT2D eigenvalue weighted by Crippen LogP contribution is -2.24. The second-order valence-electron chi connectivity index (χ2n) is 2.97. The maximum atomic E-state index is 13.6. The number of benzene rings is 1. The first-order valence-electron chi connectivity index (χ1n) is 4.20. The summed E-state index contributed by atoms with van der Waals surface area (Å²) < 4.78 is 13.5. The Morgan fingerprint density at radius 1 is 1.17 bits per heavy atom. The monoisotopic (exact) mass is 383 g/mol. The lowest BCUT2D eigenvalue weighted by molar-refractivity contribution is -0.147. The Morgan fingerprint density at radius 3 is 2.17 bits per heavy atom. The Morgan fingerprint density at radius 2 is 1.72 bits per heavy atom. The third-order valence-electron chi connectivity index (χ3n) is 1.82. The molecular weight excluding hydrogens is 381 g/mol. The summed E-state index contributed by atoms with van der Waals surface area (Å²) in [7, 11) is 0. The number of carbonyl (C=O) groups is 3. The van der Waals surface area contributed by atoms with Gasteiger partial charge in [0.25, 0.3) is 0 Å². The second kappa shape index (κ2) is 5.44. The Hall–Kier alpha value is -1.48. The fourth-order valence-electron chi connectivity index (χ4n) is 1.09. The lowest BCUT2D eigenvalue weighted by atomic mass is 10.1. The Bertz CT molecular complexity index is 560. The van der Waals surface area contributed by atoms with E-state index in [1.54, 1.807) is 5.32 Å². The van der Waals surface area contributed by atoms with E-state index in [1.165, 1.54) is 0 Å². The predicted molar refractivity (Wildman–Crippen MR) is 65.0 cm³/mol. The zero-order chi connectivity index (χ0) is 14.0. The topological polar surface area (TPSA) is 104 Å². The van der Waals surface area contributed by atoms with E-state index in [9.17, 15) is 18.8 Å². The van der Waals surface area contributed by atoms with E-state index in [0.717, 1.165) is 6.07 Å². The number of aromatic carboxylic acids is 1. The maximum absolute atomic E-state index is 13.6. The first kappa shape index (κ1) is 14.6. The summed E-state index contributed by atoms with van der Waals surface area (Å²) >= 11 is 5.71. The molecular formula is C9H4Br2FNO5. The summed E-state index contributed by atoms with van der Waals surface area (Å²) in [6, 6.07) is 1.15. The number of aliphatic carboxylic acids is 1. The molecule has 96 valence electrons. The van der Waals surface area contributed by atoms with Gasteiger partial charge in [0.1, 0.15) is 5.56 Å². The molecule has 0 unspecified atom stereocenters. The number of halogens is 3. The Balaban J connectivity index is 3.42. The molecule has 0 fully saturated rings. The highest BCUT2D eigenvalue weighted by Crippen LogP contribution is 2.33. The summed E-state index contributed by atoms with van der Waals surface area (Å²) in [5, 5.41) is 19.1. The van der Waals surface area contributed by atoms with Crippen molar-refractivity contribution in [1.29, 1.82) is 0 Å². The van der Waals surface area contributed by atoms with Crippen LogP contribution in [0, 0.1) is 5.82 Å². The van der Waals surface area contributed by atoms with Crippen LogP contribution in [0.2, 0.25) is 0 Å². The standard InChI is InChI=1S/C9H4Br2FNO5/c10-2-1-3(11)6(13-7(14)9(17)18)4(5(2)12)8(15)16/h1H,(H,13,14)(H,15,16)(H,17,18). The normalized spacial score (nSPS) is 9.94. The largest absolute Gasteiger partial charge is 0.478 e. The van der Waals surface area contributed by atoms with Gasteiger partial charge in [-0.25, -0.2) is 14.0 Å². The molecule has 0 aliphatic carbocycles. The number of carboxylic acid groups (broad SMARTS) is 2. The molecule has 18 heavy (non-hydrogen) atoms. The van der Waals surface area contributed by atoms with Gasteiger partial charge in [0.05, 0.1) is 10.2 Å². The van der Waals surface area contributed by atoms with Gasteiger partial charge in [-0.3, -0.25) is 4.79 Å². The molecule has 0 bridgehead atoms. The SMILES string of the molecule is O=C(O)C(=O)Nc1c(Br)cc(Br)c(F)c1C(=O)O. The van der Waals surface area contributed by atoms with Crippen LogP contribution in [0.1, 0.15) is 10.4 Å². The van der Waals surface area contributed by atoms with Gasteiger partial charge in [0.15, 0.2) is 5.82 Å². The molecule has 0 spiro atoms. The molecule has 1 rings (SSSR count). The fourth-order valence-corrected chi connectivity index (χ4v) is 2.35. The van der Waals surface area contributed by atoms with Gasteiger partial charge in [-0.15, -0.1) is 0 Å². The summed E-state index contributed by atoms with van der Waals surface area (Å²) in [4.78, 5) is 32.3. The molecule has 0 saturated heterocycles. The number of hydrogen-bond donors (Lipinski definition) is 3. The van der Waals surface area contributed by atoms with Crippen LogP contribution in [0.15, 0.2) is 15.0 Å². The Kier molecular flexibility index (Phi) is 4.41. The number of rotatable bonds is 2. The van der Waals surface area contributed by atoms with Crippen LogP contribution in [0.3, 0.4) is 0 Å². The molecule has 0 saturated carbocycles. The molecule has 0 aliphatic rings. The molecule has 9 heteroatoms. The van der Waals surface area contributed by atoms with Gasteiger partial charge in [0.2, 0.25) is 0 Å². The van der Waals surface area contributed by atoms with Gasteiger partial charge in [-0.2, -0.15) is 0 Å². The van der Waals surface area contributed by atoms with Crippen molar-refractivity contribution >= 4 is 55.4 Å². The molecule has 3 N–H and O–H groups in total. The van der Waals surface area contributed by atoms with Crippen LogP contribution in [0.4, 0.5) is 10.1 Å². The fraction of sp³-hybridized carbons (Fsp3) is 0. The van der Waals surface area contributed by atoms with Crippen molar-refractivity contribution in [2.45, 2.75) is 0 Å². The first-order chi connectivity index (χ1) is 8.25. The van der Waals surface area contributed by atoms with Crippen molar-refractivity contribution in [3.63, 3.8) is 0 Å². The van der Waals surface area contributed by atoms with Gasteiger partial charge in [-0.05, 0) is 37.9 Å². The van der Waals surface area contributed by atoms with Gasteiger partial charge >= 0.3 is 17.8 Å². The minimum atomic E-state index is -1.82. The van der Waals surface area contributed by atoms with Crippen molar-refractivity contribution in [1.82, 2.24) is 0 Å². The quantitative estimate of drug-likeness (QED) is 0.535. The molecule has 0 heterocycles. The molecule has 0 atom stereocenters. The zero-order valence-corrected chi connectivity index (χ0v) is 11.5. The number of carboxylic acids is 2. The van der Waals surface area contributed by atoms with Crippen LogP contribution in [0.25, 0.3) is 0 Å². The van der Waals surface area contributed by atoms with E-state index in [-0.39, 0.29) is 8.95 Å². The molecule has 6 nitrogen and oxygen atoms in total.